The van der Waals surface area contributed by atoms with E-state index in [2.05, 4.69) is 14.7 Å². The number of hydrazone groups is 1. The summed E-state index contributed by atoms with van der Waals surface area (Å²) in [6, 6.07) is 11.0. The van der Waals surface area contributed by atoms with E-state index >= 15 is 0 Å². The molecule has 0 aromatic heterocycles. The quantitative estimate of drug-likeness (QED) is 0.640. The van der Waals surface area contributed by atoms with Crippen molar-refractivity contribution in [3.63, 3.8) is 0 Å². The van der Waals surface area contributed by atoms with Gasteiger partial charge in [0.15, 0.2) is 0 Å². The van der Waals surface area contributed by atoms with Gasteiger partial charge < -0.3 is 4.74 Å². The van der Waals surface area contributed by atoms with E-state index in [9.17, 15) is 17.2 Å². The summed E-state index contributed by atoms with van der Waals surface area (Å²) in [4.78, 5) is 2.18. The Morgan fingerprint density at radius 3 is 2.58 bits per heavy atom. The van der Waals surface area contributed by atoms with Crippen LogP contribution in [-0.2, 0) is 10.0 Å². The van der Waals surface area contributed by atoms with Crippen LogP contribution in [0.1, 0.15) is 16.7 Å². The number of sulfonamides is 1. The van der Waals surface area contributed by atoms with E-state index in [1.54, 1.807) is 32.0 Å². The predicted octanol–water partition coefficient (Wildman–Crippen LogP) is 3.22. The lowest BCUT2D eigenvalue weighted by molar-refractivity contribution is -0.0499. The molecule has 0 atom stereocenters. The van der Waals surface area contributed by atoms with Crippen molar-refractivity contribution in [3.8, 4) is 5.75 Å². The molecule has 5 nitrogen and oxygen atoms in total. The number of para-hydroxylation sites is 1. The third-order valence-electron chi connectivity index (χ3n) is 3.14. The van der Waals surface area contributed by atoms with Crippen molar-refractivity contribution < 1.29 is 21.9 Å². The third kappa shape index (κ3) is 4.51. The molecule has 2 rings (SSSR count). The molecule has 0 spiro atoms. The summed E-state index contributed by atoms with van der Waals surface area (Å²) in [5, 5.41) is 3.64. The third-order valence-corrected chi connectivity index (χ3v) is 4.51. The van der Waals surface area contributed by atoms with Gasteiger partial charge in [-0.05, 0) is 43.2 Å². The summed E-state index contributed by atoms with van der Waals surface area (Å²) >= 11 is 0. The highest BCUT2D eigenvalue weighted by Gasteiger charge is 2.16. The van der Waals surface area contributed by atoms with Gasteiger partial charge in [-0.1, -0.05) is 24.3 Å². The second-order valence-corrected chi connectivity index (χ2v) is 6.67. The second kappa shape index (κ2) is 7.39. The number of alkyl halides is 2. The van der Waals surface area contributed by atoms with Crippen LogP contribution < -0.4 is 9.57 Å². The zero-order valence-electron chi connectivity index (χ0n) is 13.0. The SMILES string of the molecule is Cc1ccc(C)c(S(=O)(=O)N/N=C\c2ccccc2OC(F)F)c1. The summed E-state index contributed by atoms with van der Waals surface area (Å²) in [6.45, 7) is 0.467. The van der Waals surface area contributed by atoms with Crippen molar-refractivity contribution in [1.29, 1.82) is 0 Å². The van der Waals surface area contributed by atoms with Gasteiger partial charge >= 0.3 is 6.61 Å². The zero-order chi connectivity index (χ0) is 17.7. The number of benzene rings is 2. The number of hydrogen-bond donors (Lipinski definition) is 1. The van der Waals surface area contributed by atoms with E-state index in [0.717, 1.165) is 11.8 Å². The van der Waals surface area contributed by atoms with Crippen LogP contribution >= 0.6 is 0 Å². The van der Waals surface area contributed by atoms with Crippen LogP contribution in [0.2, 0.25) is 0 Å². The van der Waals surface area contributed by atoms with Gasteiger partial charge in [0, 0.05) is 5.56 Å². The summed E-state index contributed by atoms with van der Waals surface area (Å²) in [5.74, 6) is -0.0952. The van der Waals surface area contributed by atoms with E-state index in [4.69, 9.17) is 0 Å². The molecule has 2 aromatic rings. The minimum Gasteiger partial charge on any atom is -0.434 e. The molecular weight excluding hydrogens is 338 g/mol. The van der Waals surface area contributed by atoms with Gasteiger partial charge in [0.1, 0.15) is 5.75 Å². The predicted molar refractivity (Wildman–Crippen MR) is 86.9 cm³/mol. The molecule has 0 fully saturated rings. The maximum Gasteiger partial charge on any atom is 0.387 e. The van der Waals surface area contributed by atoms with Crippen molar-refractivity contribution in [2.24, 2.45) is 5.10 Å². The highest BCUT2D eigenvalue weighted by molar-refractivity contribution is 7.89. The highest BCUT2D eigenvalue weighted by Crippen LogP contribution is 2.19. The first-order valence-corrected chi connectivity index (χ1v) is 8.44. The standard InChI is InChI=1S/C16H16F2N2O3S/c1-11-7-8-12(2)15(9-11)24(21,22)20-19-10-13-5-3-4-6-14(13)23-16(17)18/h3-10,16,20H,1-2H3/b19-10-. The van der Waals surface area contributed by atoms with Crippen LogP contribution in [0.4, 0.5) is 8.78 Å². The number of rotatable bonds is 6. The van der Waals surface area contributed by atoms with Gasteiger partial charge in [-0.3, -0.25) is 0 Å². The number of ether oxygens (including phenoxy) is 1. The second-order valence-electron chi connectivity index (χ2n) is 5.04. The highest BCUT2D eigenvalue weighted by atomic mass is 32.2. The normalized spacial score (nSPS) is 11.9. The molecule has 0 aliphatic rings. The Morgan fingerprint density at radius 1 is 1.17 bits per heavy atom. The van der Waals surface area contributed by atoms with Crippen LogP contribution in [0, 0.1) is 13.8 Å². The van der Waals surface area contributed by atoms with Gasteiger partial charge in [0.2, 0.25) is 0 Å². The van der Waals surface area contributed by atoms with Crippen LogP contribution in [0.3, 0.4) is 0 Å². The van der Waals surface area contributed by atoms with Crippen molar-refractivity contribution in [2.75, 3.05) is 0 Å². The van der Waals surface area contributed by atoms with Gasteiger partial charge in [0.05, 0.1) is 11.1 Å². The van der Waals surface area contributed by atoms with Crippen molar-refractivity contribution >= 4 is 16.2 Å². The topological polar surface area (TPSA) is 67.8 Å². The minimum atomic E-state index is -3.86. The largest absolute Gasteiger partial charge is 0.434 e. The van der Waals surface area contributed by atoms with Gasteiger partial charge in [-0.25, -0.2) is 4.83 Å². The number of nitrogens with zero attached hydrogens (tertiary/aromatic N) is 1. The lowest BCUT2D eigenvalue weighted by atomic mass is 10.2. The molecule has 0 aliphatic carbocycles. The Kier molecular flexibility index (Phi) is 5.50. The van der Waals surface area contributed by atoms with E-state index < -0.39 is 16.6 Å². The average Bonchev–Trinajstić information content (AvgIpc) is 2.50. The molecule has 0 aliphatic heterocycles. The molecular formula is C16H16F2N2O3S. The molecule has 24 heavy (non-hydrogen) atoms. The van der Waals surface area contributed by atoms with Crippen molar-refractivity contribution in [3.05, 3.63) is 59.2 Å². The lowest BCUT2D eigenvalue weighted by Gasteiger charge is -2.09. The zero-order valence-corrected chi connectivity index (χ0v) is 13.8. The molecule has 0 saturated heterocycles. The smallest absolute Gasteiger partial charge is 0.387 e. The molecule has 0 heterocycles. The first-order chi connectivity index (χ1) is 11.3. The molecule has 2 aromatic carbocycles. The van der Waals surface area contributed by atoms with Gasteiger partial charge in [-0.15, -0.1) is 0 Å². The monoisotopic (exact) mass is 354 g/mol. The molecule has 8 heteroatoms. The van der Waals surface area contributed by atoms with E-state index in [-0.39, 0.29) is 16.2 Å². The molecule has 0 saturated carbocycles. The van der Waals surface area contributed by atoms with Crippen LogP contribution in [0.25, 0.3) is 0 Å². The summed E-state index contributed by atoms with van der Waals surface area (Å²) in [5.41, 5.74) is 1.59. The Morgan fingerprint density at radius 2 is 1.88 bits per heavy atom. The number of hydrogen-bond acceptors (Lipinski definition) is 4. The van der Waals surface area contributed by atoms with E-state index in [1.807, 2.05) is 0 Å². The van der Waals surface area contributed by atoms with Crippen LogP contribution in [-0.4, -0.2) is 21.2 Å². The van der Waals surface area contributed by atoms with E-state index in [0.29, 0.717) is 5.56 Å². The van der Waals surface area contributed by atoms with Gasteiger partial charge in [-0.2, -0.15) is 22.3 Å². The van der Waals surface area contributed by atoms with Crippen molar-refractivity contribution in [2.45, 2.75) is 25.4 Å². The summed E-state index contributed by atoms with van der Waals surface area (Å²) in [6.07, 6.45) is 1.11. The summed E-state index contributed by atoms with van der Waals surface area (Å²) in [7, 11) is -3.86. The Labute approximate surface area is 139 Å². The van der Waals surface area contributed by atoms with E-state index in [1.165, 1.54) is 24.3 Å². The van der Waals surface area contributed by atoms with Crippen LogP contribution in [0.5, 0.6) is 5.75 Å². The number of halogens is 2. The average molecular weight is 354 g/mol. The number of nitrogens with one attached hydrogen (secondary N) is 1. The lowest BCUT2D eigenvalue weighted by Crippen LogP contribution is -2.19. The number of aryl methyl sites for hydroxylation is 2. The first kappa shape index (κ1) is 17.9. The van der Waals surface area contributed by atoms with Gasteiger partial charge in [0.25, 0.3) is 10.0 Å². The first-order valence-electron chi connectivity index (χ1n) is 6.95. The Bertz CT molecular complexity index is 852. The Hall–Kier alpha value is -2.48. The van der Waals surface area contributed by atoms with Crippen LogP contribution in [0.15, 0.2) is 52.5 Å². The summed E-state index contributed by atoms with van der Waals surface area (Å²) < 4.78 is 53.6. The maximum atomic E-state index is 12.3. The molecule has 0 bridgehead atoms. The fourth-order valence-corrected chi connectivity index (χ4v) is 3.12. The van der Waals surface area contributed by atoms with Crippen molar-refractivity contribution in [1.82, 2.24) is 4.83 Å². The molecule has 0 radical (unpaired) electrons. The molecule has 0 unspecified atom stereocenters. The molecule has 128 valence electrons. The minimum absolute atomic E-state index is 0.0952. The fourth-order valence-electron chi connectivity index (χ4n) is 2.00. The molecule has 0 amide bonds. The maximum absolute atomic E-state index is 12.3. The Balaban J connectivity index is 2.21. The molecule has 1 N–H and O–H groups in total. The fraction of sp³-hybridized carbons (Fsp3) is 0.188.